The fourth-order valence-corrected chi connectivity index (χ4v) is 38.8. The van der Waals surface area contributed by atoms with Crippen LogP contribution in [0.2, 0.25) is 20.2 Å². The fourth-order valence-electron chi connectivity index (χ4n) is 20.5. The molecule has 0 spiro atoms. The molecule has 5 aliphatic heterocycles. The zero-order valence-electron chi connectivity index (χ0n) is 80.3. The number of carbonyl (C=O) groups is 1. The van der Waals surface area contributed by atoms with Crippen molar-refractivity contribution in [1.82, 2.24) is 0 Å². The lowest BCUT2D eigenvalue weighted by atomic mass is 9.95. The summed E-state index contributed by atoms with van der Waals surface area (Å²) in [5.74, 6) is -0.964. The second kappa shape index (κ2) is 44.6. The molecule has 9 aromatic carbocycles. The highest BCUT2D eigenvalue weighted by Crippen LogP contribution is 2.45. The van der Waals surface area contributed by atoms with E-state index in [1.165, 1.54) is 40.6 Å². The summed E-state index contributed by atoms with van der Waals surface area (Å²) < 4.78 is 122. The van der Waals surface area contributed by atoms with Gasteiger partial charge in [-0.2, -0.15) is 0 Å². The van der Waals surface area contributed by atoms with Crippen molar-refractivity contribution in [1.29, 1.82) is 0 Å². The summed E-state index contributed by atoms with van der Waals surface area (Å²) >= 11 is 0. The second-order valence-corrected chi connectivity index (χ2v) is 57.0. The van der Waals surface area contributed by atoms with E-state index < -0.39 is 233 Å². The average Bonchev–Trinajstić information content (AvgIpc) is 0.749. The van der Waals surface area contributed by atoms with Gasteiger partial charge < -0.3 is 125 Å². The summed E-state index contributed by atoms with van der Waals surface area (Å²) in [5.41, 5.74) is 0.0502. The largest absolute Gasteiger partial charge is 0.450 e. The maximum Gasteiger partial charge on any atom is 0.338 e. The first-order chi connectivity index (χ1) is 65.0. The van der Waals surface area contributed by atoms with Crippen LogP contribution in [0.15, 0.2) is 273 Å². The summed E-state index contributed by atoms with van der Waals surface area (Å²) in [6, 6.07) is 86.0. The number of hydrogen-bond donors (Lipinski definition) is 8. The molecule has 0 aliphatic carbocycles. The van der Waals surface area contributed by atoms with Crippen molar-refractivity contribution in [3.63, 3.8) is 0 Å². The first kappa shape index (κ1) is 104. The van der Waals surface area contributed by atoms with Gasteiger partial charge in [0, 0.05) is 28.4 Å². The molecule has 5 heterocycles. The van der Waals surface area contributed by atoms with Gasteiger partial charge in [0.25, 0.3) is 33.3 Å². The van der Waals surface area contributed by atoms with Gasteiger partial charge in [0.15, 0.2) is 37.6 Å². The van der Waals surface area contributed by atoms with Crippen LogP contribution in [0.5, 0.6) is 0 Å². The molecule has 5 aliphatic rings. The average molecular weight is 1940 g/mol. The Morgan fingerprint density at radius 3 is 0.765 bits per heavy atom. The standard InChI is InChI=1S/C105H136O27Si4/c1-102(2,3)133(68-46-28-18-29-47-68,69-48-30-19-31-49-69)120-63-76-81(106)85(110)93(129-96(114)67-44-26-17-27-45-67)101(127-76)132-92-84(109)79(66-123-136(105(10,11)12,74-58-40-24-41-59-74)75-60-42-25-43-61-75)126-99(88(92)113)131-91-83(108)78(65-122-135(104(7,8)9,72-54-36-22-37-55-72)73-56-38-23-39-57-73)125-98(87(91)112)130-90-82(107)77(64-121-134(103(4,5)6,70-50-32-20-33-51-70)71-52-34-21-35-53-71)124-97(86(90)111)119-62-80-89(115-13)94(116-14)95(117-15)100(118-16)128-80/h17-61,76-95,97-101,106-113H,62-66H2,1-16H3/t76-,77-,78-,79-,80-,81-,82-,83-,84-,85+,86+,87+,88+,89-,90+,91+,92+,93+,94+,95-,97+,98-,99-,100+,101-/m1/s1. The summed E-state index contributed by atoms with van der Waals surface area (Å²) in [5, 5.41) is 111. The predicted molar refractivity (Wildman–Crippen MR) is 521 cm³/mol. The van der Waals surface area contributed by atoms with Crippen LogP contribution < -0.4 is 41.5 Å². The van der Waals surface area contributed by atoms with E-state index >= 15 is 0 Å². The molecule has 734 valence electrons. The van der Waals surface area contributed by atoms with Crippen molar-refractivity contribution in [2.24, 2.45) is 0 Å². The van der Waals surface area contributed by atoms with E-state index in [1.807, 2.05) is 243 Å². The monoisotopic (exact) mass is 1940 g/mol. The first-order valence-corrected chi connectivity index (χ1v) is 54.3. The topological polar surface area (TPSA) is 345 Å². The summed E-state index contributed by atoms with van der Waals surface area (Å²) in [7, 11) is -8.37. The van der Waals surface area contributed by atoms with Gasteiger partial charge in [0.2, 0.25) is 0 Å². The number of rotatable bonds is 35. The highest BCUT2D eigenvalue weighted by molar-refractivity contribution is 7.01. The first-order valence-electron chi connectivity index (χ1n) is 46.7. The van der Waals surface area contributed by atoms with E-state index in [2.05, 4.69) is 83.1 Å². The minimum atomic E-state index is -3.65. The minimum absolute atomic E-state index is 0.0502. The zero-order valence-corrected chi connectivity index (χ0v) is 84.3. The Kier molecular flexibility index (Phi) is 34.2. The van der Waals surface area contributed by atoms with Gasteiger partial charge in [0.05, 0.1) is 38.6 Å². The second-order valence-electron chi connectivity index (χ2n) is 39.7. The normalized spacial score (nSPS) is 29.6. The van der Waals surface area contributed by atoms with Crippen LogP contribution in [0.4, 0.5) is 0 Å². The number of aliphatic hydroxyl groups is 8. The van der Waals surface area contributed by atoms with Crippen molar-refractivity contribution >= 4 is 80.7 Å². The predicted octanol–water partition coefficient (Wildman–Crippen LogP) is 6.89. The van der Waals surface area contributed by atoms with Gasteiger partial charge in [0.1, 0.15) is 116 Å². The molecule has 0 bridgehead atoms. The van der Waals surface area contributed by atoms with E-state index in [0.29, 0.717) is 0 Å². The van der Waals surface area contributed by atoms with E-state index in [1.54, 1.807) is 18.2 Å². The Labute approximate surface area is 802 Å². The number of aliphatic hydroxyl groups excluding tert-OH is 8. The summed E-state index contributed by atoms with van der Waals surface area (Å²) in [6.45, 7) is 22.8. The lowest BCUT2D eigenvalue weighted by molar-refractivity contribution is -0.390. The van der Waals surface area contributed by atoms with Crippen LogP contribution in [0, 0.1) is 0 Å². The summed E-state index contributed by atoms with van der Waals surface area (Å²) in [6.07, 6.45) is -42.5. The van der Waals surface area contributed by atoms with Gasteiger partial charge >= 0.3 is 5.97 Å². The van der Waals surface area contributed by atoms with E-state index in [-0.39, 0.29) is 18.8 Å². The van der Waals surface area contributed by atoms with Gasteiger partial charge in [-0.1, -0.05) is 344 Å². The molecule has 136 heavy (non-hydrogen) atoms. The van der Waals surface area contributed by atoms with Crippen molar-refractivity contribution in [2.75, 3.05) is 61.5 Å². The maximum atomic E-state index is 14.6. The molecule has 9 aromatic rings. The molecule has 5 fully saturated rings. The Morgan fingerprint density at radius 2 is 0.493 bits per heavy atom. The number of hydrogen-bond acceptors (Lipinski definition) is 27. The van der Waals surface area contributed by atoms with E-state index in [4.69, 9.17) is 84.0 Å². The van der Waals surface area contributed by atoms with Crippen LogP contribution in [0.1, 0.15) is 93.4 Å². The van der Waals surface area contributed by atoms with Crippen molar-refractivity contribution < 1.29 is 130 Å². The molecule has 31 heteroatoms. The Bertz CT molecular complexity index is 5000. The number of ether oxygens (including phenoxy) is 14. The molecule has 0 amide bonds. The molecule has 25 atom stereocenters. The molecule has 0 radical (unpaired) electrons. The highest BCUT2D eigenvalue weighted by atomic mass is 28.4. The molecule has 8 N–H and O–H groups in total. The van der Waals surface area contributed by atoms with Crippen LogP contribution in [0.25, 0.3) is 0 Å². The molecule has 0 unspecified atom stereocenters. The zero-order chi connectivity index (χ0) is 97.3. The number of carbonyl (C=O) groups excluding carboxylic acids is 1. The Balaban J connectivity index is 0.884. The Morgan fingerprint density at radius 1 is 0.250 bits per heavy atom. The molecule has 0 saturated carbocycles. The van der Waals surface area contributed by atoms with E-state index in [0.717, 1.165) is 41.5 Å². The van der Waals surface area contributed by atoms with Crippen LogP contribution in [-0.2, 0) is 84.0 Å². The molecule has 14 rings (SSSR count). The maximum absolute atomic E-state index is 14.6. The van der Waals surface area contributed by atoms with Crippen LogP contribution >= 0.6 is 0 Å². The molecule has 0 aromatic heterocycles. The summed E-state index contributed by atoms with van der Waals surface area (Å²) in [4.78, 5) is 14.6. The fraction of sp³-hybridized carbons (Fsp3) is 0.476. The van der Waals surface area contributed by atoms with Crippen LogP contribution in [-0.4, -0.2) is 295 Å². The number of methoxy groups -OCH3 is 4. The van der Waals surface area contributed by atoms with Gasteiger partial charge in [-0.15, -0.1) is 0 Å². The smallest absolute Gasteiger partial charge is 0.338 e. The third-order valence-corrected chi connectivity index (χ3v) is 47.3. The van der Waals surface area contributed by atoms with E-state index in [9.17, 15) is 45.6 Å². The van der Waals surface area contributed by atoms with Crippen molar-refractivity contribution in [2.45, 2.75) is 257 Å². The SMILES string of the molecule is CO[C@H]1O[C@H](CO[C@H]2O[C@H](CO[Si](c3ccccc3)(c3ccccc3)C(C)(C)C)[C@@H](O)[C@H](O[C@H]3O[C@H](CO[Si](c4ccccc4)(c4ccccc4)C(C)(C)C)[C@@H](O)[C@H](O[C@H]4O[C@H](CO[Si](c5ccccc5)(c5ccccc5)C(C)(C)C)[C@@H](O)[C@H](O[C@H]5O[C@H](CO[Si](c6ccccc6)(c6ccccc6)C(C)(C)C)[C@@H](O)[C@H](O)[C@@H]5OC(=O)c5ccccc5)[C@@H]4O)[C@@H]3O)[C@@H]2O)[C@@H](OC)[C@H](OC)[C@H]1OC. The molecular formula is C105H136O27Si4. The van der Waals surface area contributed by atoms with Gasteiger partial charge in [-0.05, 0) is 73.8 Å². The van der Waals surface area contributed by atoms with Gasteiger partial charge in [-0.25, -0.2) is 4.79 Å². The third kappa shape index (κ3) is 21.3. The van der Waals surface area contributed by atoms with Crippen molar-refractivity contribution in [3.05, 3.63) is 279 Å². The Hall–Kier alpha value is -7.68. The van der Waals surface area contributed by atoms with Crippen molar-refractivity contribution in [3.8, 4) is 0 Å². The molecule has 5 saturated heterocycles. The number of esters is 1. The van der Waals surface area contributed by atoms with Crippen LogP contribution in [0.3, 0.4) is 0 Å². The molecule has 27 nitrogen and oxygen atoms in total. The number of benzene rings is 9. The lowest BCUT2D eigenvalue weighted by Crippen LogP contribution is -2.71. The minimum Gasteiger partial charge on any atom is -0.450 e. The quantitative estimate of drug-likeness (QED) is 0.0148. The lowest BCUT2D eigenvalue weighted by Gasteiger charge is -2.51. The molecular weight excluding hydrogens is 1810 g/mol. The third-order valence-electron chi connectivity index (χ3n) is 27.3. The highest BCUT2D eigenvalue weighted by Gasteiger charge is 2.62. The van der Waals surface area contributed by atoms with Gasteiger partial charge in [-0.3, -0.25) is 0 Å².